The summed E-state index contributed by atoms with van der Waals surface area (Å²) in [6.45, 7) is 2.02. The van der Waals surface area contributed by atoms with Gasteiger partial charge < -0.3 is 0 Å². The Balaban J connectivity index is 2.15. The van der Waals surface area contributed by atoms with Gasteiger partial charge in [-0.1, -0.05) is 35.7 Å². The van der Waals surface area contributed by atoms with Crippen LogP contribution in [0.1, 0.15) is 32.6 Å². The molecule has 0 aromatic heterocycles. The van der Waals surface area contributed by atoms with Crippen LogP contribution in [0.25, 0.3) is 0 Å². The van der Waals surface area contributed by atoms with Crippen molar-refractivity contribution in [3.63, 3.8) is 0 Å². The summed E-state index contributed by atoms with van der Waals surface area (Å²) in [6.07, 6.45) is 4.24. The first-order chi connectivity index (χ1) is 8.92. The third-order valence-electron chi connectivity index (χ3n) is 3.31. The molecule has 0 radical (unpaired) electrons. The molecule has 0 saturated heterocycles. The fraction of sp³-hybridized carbons (Fsp3) is 0.538. The first kappa shape index (κ1) is 15.5. The molecule has 1 saturated carbocycles. The minimum absolute atomic E-state index is 0.0352. The van der Waals surface area contributed by atoms with Crippen molar-refractivity contribution in [2.24, 2.45) is 5.92 Å². The second-order valence-corrected chi connectivity index (χ2v) is 8.43. The summed E-state index contributed by atoms with van der Waals surface area (Å²) in [5.41, 5.74) is 0. The van der Waals surface area contributed by atoms with Gasteiger partial charge in [-0.05, 0) is 52.9 Å². The molecule has 3 nitrogen and oxygen atoms in total. The molecule has 2 rings (SSSR count). The number of rotatable bonds is 6. The lowest BCUT2D eigenvalue weighted by Gasteiger charge is -2.17. The lowest BCUT2D eigenvalue weighted by Crippen LogP contribution is -2.34. The first-order valence-electron chi connectivity index (χ1n) is 6.39. The summed E-state index contributed by atoms with van der Waals surface area (Å²) in [7, 11) is -3.45. The Morgan fingerprint density at radius 1 is 1.37 bits per heavy atom. The lowest BCUT2D eigenvalue weighted by molar-refractivity contribution is 0.495. The van der Waals surface area contributed by atoms with Crippen LogP contribution in [0, 0.1) is 5.92 Å². The van der Waals surface area contributed by atoms with Crippen LogP contribution in [0.5, 0.6) is 0 Å². The number of sulfonamides is 1. The van der Waals surface area contributed by atoms with Crippen molar-refractivity contribution in [2.45, 2.75) is 43.5 Å². The summed E-state index contributed by atoms with van der Waals surface area (Å²) < 4.78 is 29.0. The number of benzene rings is 1. The molecule has 0 heterocycles. The first-order valence-corrected chi connectivity index (χ1v) is 9.46. The van der Waals surface area contributed by atoms with Gasteiger partial charge in [0.25, 0.3) is 0 Å². The standard InChI is InChI=1S/C13H17Br2NO2S/c1-2-11(7-9-3-4-9)16-19(17,18)13-6-5-10(14)8-12(13)15/h5-6,8-9,11,16H,2-4,7H2,1H3. The number of hydrogen-bond acceptors (Lipinski definition) is 2. The highest BCUT2D eigenvalue weighted by Gasteiger charge is 2.28. The maximum atomic E-state index is 12.4. The van der Waals surface area contributed by atoms with E-state index in [1.807, 2.05) is 6.92 Å². The highest BCUT2D eigenvalue weighted by molar-refractivity contribution is 9.11. The molecule has 0 amide bonds. The Labute approximate surface area is 131 Å². The Bertz CT molecular complexity index is 556. The van der Waals surface area contributed by atoms with Gasteiger partial charge in [0, 0.05) is 15.0 Å². The number of hydrogen-bond donors (Lipinski definition) is 1. The minimum atomic E-state index is -3.45. The van der Waals surface area contributed by atoms with E-state index in [0.29, 0.717) is 15.3 Å². The van der Waals surface area contributed by atoms with Crippen molar-refractivity contribution < 1.29 is 8.42 Å². The Morgan fingerprint density at radius 3 is 2.58 bits per heavy atom. The van der Waals surface area contributed by atoms with Crippen molar-refractivity contribution in [2.75, 3.05) is 0 Å². The van der Waals surface area contributed by atoms with E-state index >= 15 is 0 Å². The zero-order chi connectivity index (χ0) is 14.0. The van der Waals surface area contributed by atoms with Crippen LogP contribution in [-0.2, 0) is 10.0 Å². The van der Waals surface area contributed by atoms with Gasteiger partial charge in [-0.25, -0.2) is 13.1 Å². The number of nitrogens with one attached hydrogen (secondary N) is 1. The Kier molecular flexibility index (Phi) is 5.09. The van der Waals surface area contributed by atoms with Crippen LogP contribution in [0.2, 0.25) is 0 Å². The summed E-state index contributed by atoms with van der Waals surface area (Å²) in [5.74, 6) is 0.709. The van der Waals surface area contributed by atoms with E-state index in [1.54, 1.807) is 18.2 Å². The van der Waals surface area contributed by atoms with Crippen molar-refractivity contribution in [3.05, 3.63) is 27.1 Å². The van der Waals surface area contributed by atoms with E-state index in [1.165, 1.54) is 12.8 Å². The van der Waals surface area contributed by atoms with Gasteiger partial charge in [-0.3, -0.25) is 0 Å². The van der Waals surface area contributed by atoms with Crippen LogP contribution in [0.15, 0.2) is 32.0 Å². The van der Waals surface area contributed by atoms with Crippen LogP contribution < -0.4 is 4.72 Å². The average Bonchev–Trinajstić information content (AvgIpc) is 3.11. The molecule has 106 valence electrons. The molecule has 1 aromatic rings. The normalized spacial score (nSPS) is 17.4. The Morgan fingerprint density at radius 2 is 2.05 bits per heavy atom. The summed E-state index contributed by atoms with van der Waals surface area (Å²) in [5, 5.41) is 0. The molecule has 19 heavy (non-hydrogen) atoms. The highest BCUT2D eigenvalue weighted by atomic mass is 79.9. The molecular weight excluding hydrogens is 394 g/mol. The molecule has 0 spiro atoms. The van der Waals surface area contributed by atoms with Crippen LogP contribution in [0.4, 0.5) is 0 Å². The van der Waals surface area contributed by atoms with Crippen LogP contribution in [-0.4, -0.2) is 14.5 Å². The molecule has 0 aliphatic heterocycles. The van der Waals surface area contributed by atoms with Gasteiger partial charge in [0.15, 0.2) is 0 Å². The lowest BCUT2D eigenvalue weighted by atomic mass is 10.1. The van der Waals surface area contributed by atoms with Crippen molar-refractivity contribution >= 4 is 41.9 Å². The topological polar surface area (TPSA) is 46.2 Å². The number of halogens is 2. The second kappa shape index (κ2) is 6.24. The average molecular weight is 411 g/mol. The monoisotopic (exact) mass is 409 g/mol. The van der Waals surface area contributed by atoms with E-state index in [2.05, 4.69) is 36.6 Å². The van der Waals surface area contributed by atoms with Crippen molar-refractivity contribution in [1.29, 1.82) is 0 Å². The molecule has 0 bridgehead atoms. The fourth-order valence-electron chi connectivity index (χ4n) is 2.03. The van der Waals surface area contributed by atoms with E-state index in [-0.39, 0.29) is 6.04 Å². The van der Waals surface area contributed by atoms with E-state index in [4.69, 9.17) is 0 Å². The van der Waals surface area contributed by atoms with Gasteiger partial charge >= 0.3 is 0 Å². The van der Waals surface area contributed by atoms with Crippen molar-refractivity contribution in [3.8, 4) is 0 Å². The predicted molar refractivity (Wildman–Crippen MR) is 83.6 cm³/mol. The minimum Gasteiger partial charge on any atom is -0.208 e. The van der Waals surface area contributed by atoms with Crippen molar-refractivity contribution in [1.82, 2.24) is 4.72 Å². The third-order valence-corrected chi connectivity index (χ3v) is 6.30. The SMILES string of the molecule is CCC(CC1CC1)NS(=O)(=O)c1ccc(Br)cc1Br. The molecule has 1 fully saturated rings. The van der Waals surface area contributed by atoms with E-state index in [0.717, 1.165) is 17.3 Å². The summed E-state index contributed by atoms with van der Waals surface area (Å²) in [4.78, 5) is 0.296. The van der Waals surface area contributed by atoms with Gasteiger partial charge in [0.05, 0.1) is 4.90 Å². The van der Waals surface area contributed by atoms with Crippen LogP contribution in [0.3, 0.4) is 0 Å². The largest absolute Gasteiger partial charge is 0.241 e. The molecule has 6 heteroatoms. The van der Waals surface area contributed by atoms with Gasteiger partial charge in [0.1, 0.15) is 0 Å². The van der Waals surface area contributed by atoms with E-state index in [9.17, 15) is 8.42 Å². The quantitative estimate of drug-likeness (QED) is 0.768. The molecule has 1 N–H and O–H groups in total. The molecule has 1 aromatic carbocycles. The Hall–Kier alpha value is 0.0900. The molecular formula is C13H17Br2NO2S. The maximum absolute atomic E-state index is 12.4. The predicted octanol–water partition coefficient (Wildman–Crippen LogP) is 4.07. The van der Waals surface area contributed by atoms with Crippen LogP contribution >= 0.6 is 31.9 Å². The fourth-order valence-corrected chi connectivity index (χ4v) is 5.11. The zero-order valence-corrected chi connectivity index (χ0v) is 14.7. The molecule has 1 unspecified atom stereocenters. The maximum Gasteiger partial charge on any atom is 0.241 e. The smallest absolute Gasteiger partial charge is 0.208 e. The molecule has 1 atom stereocenters. The second-order valence-electron chi connectivity index (χ2n) is 4.98. The van der Waals surface area contributed by atoms with Gasteiger partial charge in [-0.2, -0.15) is 0 Å². The third kappa shape index (κ3) is 4.28. The molecule has 1 aliphatic rings. The van der Waals surface area contributed by atoms with Gasteiger partial charge in [0.2, 0.25) is 10.0 Å². The van der Waals surface area contributed by atoms with E-state index < -0.39 is 10.0 Å². The highest BCUT2D eigenvalue weighted by Crippen LogP contribution is 2.34. The van der Waals surface area contributed by atoms with Gasteiger partial charge in [-0.15, -0.1) is 0 Å². The summed E-state index contributed by atoms with van der Waals surface area (Å²) in [6, 6.07) is 5.13. The zero-order valence-electron chi connectivity index (χ0n) is 10.7. The molecule has 1 aliphatic carbocycles. The summed E-state index contributed by atoms with van der Waals surface area (Å²) >= 11 is 6.63.